The molecule has 2 nitrogen and oxygen atoms in total. The highest BCUT2D eigenvalue weighted by Gasteiger charge is 2.27. The monoisotopic (exact) mass is 183 g/mol. The van der Waals surface area contributed by atoms with E-state index in [0.717, 1.165) is 18.9 Å². The van der Waals surface area contributed by atoms with Gasteiger partial charge in [-0.3, -0.25) is 0 Å². The zero-order valence-corrected chi connectivity index (χ0v) is 8.37. The molecule has 0 aromatic carbocycles. The molecule has 1 saturated carbocycles. The molecular formula is C11H21NO. The van der Waals surface area contributed by atoms with Gasteiger partial charge in [-0.1, -0.05) is 6.42 Å². The van der Waals surface area contributed by atoms with E-state index < -0.39 is 0 Å². The first-order valence-electron chi connectivity index (χ1n) is 5.73. The standard InChI is InChI=1S/C11H21NO/c12-11(9-4-3-5-9)8-10-6-1-2-7-13-10/h9-11H,1-8,12H2. The molecule has 2 rings (SSSR count). The molecule has 2 heteroatoms. The van der Waals surface area contributed by atoms with Crippen molar-refractivity contribution in [1.29, 1.82) is 0 Å². The Hall–Kier alpha value is -0.0800. The predicted octanol–water partition coefficient (Wildman–Crippen LogP) is 2.07. The Morgan fingerprint density at radius 2 is 2.00 bits per heavy atom. The van der Waals surface area contributed by atoms with Gasteiger partial charge in [-0.15, -0.1) is 0 Å². The Morgan fingerprint density at radius 1 is 1.15 bits per heavy atom. The van der Waals surface area contributed by atoms with Crippen molar-refractivity contribution in [3.05, 3.63) is 0 Å². The zero-order valence-electron chi connectivity index (χ0n) is 8.37. The van der Waals surface area contributed by atoms with Crippen molar-refractivity contribution in [3.8, 4) is 0 Å². The van der Waals surface area contributed by atoms with Crippen molar-refractivity contribution < 1.29 is 4.74 Å². The molecule has 1 aliphatic heterocycles. The second-order valence-electron chi connectivity index (χ2n) is 4.58. The molecule has 2 atom stereocenters. The molecule has 0 radical (unpaired) electrons. The van der Waals surface area contributed by atoms with E-state index in [1.807, 2.05) is 0 Å². The minimum Gasteiger partial charge on any atom is -0.378 e. The van der Waals surface area contributed by atoms with Gasteiger partial charge < -0.3 is 10.5 Å². The molecule has 0 amide bonds. The molecule has 1 heterocycles. The molecule has 2 fully saturated rings. The maximum atomic E-state index is 6.13. The summed E-state index contributed by atoms with van der Waals surface area (Å²) < 4.78 is 5.69. The maximum absolute atomic E-state index is 6.13. The van der Waals surface area contributed by atoms with Gasteiger partial charge in [0, 0.05) is 12.6 Å². The smallest absolute Gasteiger partial charge is 0.0590 e. The summed E-state index contributed by atoms with van der Waals surface area (Å²) in [6.07, 6.45) is 9.50. The minimum absolute atomic E-state index is 0.414. The highest BCUT2D eigenvalue weighted by Crippen LogP contribution is 2.31. The molecular weight excluding hydrogens is 162 g/mol. The van der Waals surface area contributed by atoms with Crippen LogP contribution in [-0.2, 0) is 4.74 Å². The highest BCUT2D eigenvalue weighted by molar-refractivity contribution is 4.82. The van der Waals surface area contributed by atoms with Gasteiger partial charge in [0.05, 0.1) is 6.10 Å². The van der Waals surface area contributed by atoms with Crippen molar-refractivity contribution in [3.63, 3.8) is 0 Å². The first-order chi connectivity index (χ1) is 6.36. The van der Waals surface area contributed by atoms with Crippen molar-refractivity contribution in [2.24, 2.45) is 11.7 Å². The van der Waals surface area contributed by atoms with E-state index in [1.165, 1.54) is 38.5 Å². The number of hydrogen-bond acceptors (Lipinski definition) is 2. The van der Waals surface area contributed by atoms with Crippen LogP contribution in [0.2, 0.25) is 0 Å². The number of rotatable bonds is 3. The summed E-state index contributed by atoms with van der Waals surface area (Å²) in [5, 5.41) is 0. The molecule has 0 aromatic heterocycles. The first kappa shape index (κ1) is 9.47. The second-order valence-corrected chi connectivity index (χ2v) is 4.58. The van der Waals surface area contributed by atoms with Gasteiger partial charge in [0.25, 0.3) is 0 Å². The lowest BCUT2D eigenvalue weighted by Crippen LogP contribution is -2.38. The van der Waals surface area contributed by atoms with Crippen LogP contribution in [0, 0.1) is 5.92 Å². The second kappa shape index (κ2) is 4.43. The summed E-state index contributed by atoms with van der Waals surface area (Å²) in [5.41, 5.74) is 6.13. The molecule has 2 N–H and O–H groups in total. The van der Waals surface area contributed by atoms with Gasteiger partial charge in [-0.25, -0.2) is 0 Å². The van der Waals surface area contributed by atoms with Crippen molar-refractivity contribution in [2.75, 3.05) is 6.61 Å². The van der Waals surface area contributed by atoms with E-state index in [0.29, 0.717) is 12.1 Å². The molecule has 2 unspecified atom stereocenters. The highest BCUT2D eigenvalue weighted by atomic mass is 16.5. The van der Waals surface area contributed by atoms with Gasteiger partial charge in [0.15, 0.2) is 0 Å². The lowest BCUT2D eigenvalue weighted by atomic mass is 9.78. The maximum Gasteiger partial charge on any atom is 0.0590 e. The predicted molar refractivity (Wildman–Crippen MR) is 53.5 cm³/mol. The molecule has 13 heavy (non-hydrogen) atoms. The third-order valence-electron chi connectivity index (χ3n) is 3.56. The summed E-state index contributed by atoms with van der Waals surface area (Å²) in [6, 6.07) is 0.414. The fourth-order valence-corrected chi connectivity index (χ4v) is 2.36. The molecule has 0 aromatic rings. The molecule has 1 aliphatic carbocycles. The normalized spacial score (nSPS) is 32.5. The molecule has 76 valence electrons. The molecule has 0 spiro atoms. The van der Waals surface area contributed by atoms with Crippen LogP contribution in [0.1, 0.15) is 44.9 Å². The van der Waals surface area contributed by atoms with E-state index in [4.69, 9.17) is 10.5 Å². The van der Waals surface area contributed by atoms with Crippen LogP contribution < -0.4 is 5.73 Å². The fraction of sp³-hybridized carbons (Fsp3) is 1.00. The third kappa shape index (κ3) is 2.44. The quantitative estimate of drug-likeness (QED) is 0.727. The van der Waals surface area contributed by atoms with Crippen LogP contribution in [0.4, 0.5) is 0 Å². The van der Waals surface area contributed by atoms with Crippen molar-refractivity contribution in [2.45, 2.75) is 57.1 Å². The SMILES string of the molecule is NC(CC1CCCCO1)C1CCC1. The summed E-state index contributed by atoms with van der Waals surface area (Å²) in [6.45, 7) is 0.960. The number of nitrogens with two attached hydrogens (primary N) is 1. The Kier molecular flexibility index (Phi) is 3.23. The van der Waals surface area contributed by atoms with E-state index >= 15 is 0 Å². The summed E-state index contributed by atoms with van der Waals surface area (Å²) >= 11 is 0. The van der Waals surface area contributed by atoms with E-state index in [9.17, 15) is 0 Å². The van der Waals surface area contributed by atoms with Crippen molar-refractivity contribution >= 4 is 0 Å². The van der Waals surface area contributed by atoms with Gasteiger partial charge in [-0.05, 0) is 44.4 Å². The van der Waals surface area contributed by atoms with Crippen LogP contribution in [0.3, 0.4) is 0 Å². The van der Waals surface area contributed by atoms with Crippen molar-refractivity contribution in [1.82, 2.24) is 0 Å². The Balaban J connectivity index is 1.69. The van der Waals surface area contributed by atoms with Crippen LogP contribution >= 0.6 is 0 Å². The van der Waals surface area contributed by atoms with E-state index in [2.05, 4.69) is 0 Å². The average Bonchev–Trinajstić information content (AvgIpc) is 2.02. The molecule has 0 bridgehead atoms. The summed E-state index contributed by atoms with van der Waals surface area (Å²) in [5.74, 6) is 0.811. The number of ether oxygens (including phenoxy) is 1. The van der Waals surface area contributed by atoms with Crippen LogP contribution in [0.15, 0.2) is 0 Å². The molecule has 2 aliphatic rings. The van der Waals surface area contributed by atoms with Gasteiger partial charge in [0.2, 0.25) is 0 Å². The minimum atomic E-state index is 0.414. The van der Waals surface area contributed by atoms with Gasteiger partial charge in [0.1, 0.15) is 0 Å². The van der Waals surface area contributed by atoms with E-state index in [-0.39, 0.29) is 0 Å². The Labute approximate surface area is 80.8 Å². The van der Waals surface area contributed by atoms with Gasteiger partial charge >= 0.3 is 0 Å². The number of hydrogen-bond donors (Lipinski definition) is 1. The van der Waals surface area contributed by atoms with Crippen LogP contribution in [-0.4, -0.2) is 18.8 Å². The zero-order chi connectivity index (χ0) is 9.10. The lowest BCUT2D eigenvalue weighted by Gasteiger charge is -2.34. The third-order valence-corrected chi connectivity index (χ3v) is 3.56. The Bertz CT molecular complexity index is 150. The average molecular weight is 183 g/mol. The Morgan fingerprint density at radius 3 is 2.54 bits per heavy atom. The largest absolute Gasteiger partial charge is 0.378 e. The van der Waals surface area contributed by atoms with Crippen LogP contribution in [0.25, 0.3) is 0 Å². The topological polar surface area (TPSA) is 35.2 Å². The van der Waals surface area contributed by atoms with Crippen LogP contribution in [0.5, 0.6) is 0 Å². The van der Waals surface area contributed by atoms with Gasteiger partial charge in [-0.2, -0.15) is 0 Å². The summed E-state index contributed by atoms with van der Waals surface area (Å²) in [4.78, 5) is 0. The summed E-state index contributed by atoms with van der Waals surface area (Å²) in [7, 11) is 0. The van der Waals surface area contributed by atoms with E-state index in [1.54, 1.807) is 0 Å². The lowest BCUT2D eigenvalue weighted by molar-refractivity contribution is 0.00114. The first-order valence-corrected chi connectivity index (χ1v) is 5.73. The molecule has 1 saturated heterocycles. The fourth-order valence-electron chi connectivity index (χ4n) is 2.36.